The lowest BCUT2D eigenvalue weighted by Gasteiger charge is -2.40. The predicted octanol–water partition coefficient (Wildman–Crippen LogP) is 3.67. The fourth-order valence-electron chi connectivity index (χ4n) is 4.51. The minimum Gasteiger partial charge on any atom is -0.310 e. The average molecular weight is 278 g/mol. The highest BCUT2D eigenvalue weighted by Gasteiger charge is 2.33. The third-order valence-electron chi connectivity index (χ3n) is 5.43. The van der Waals surface area contributed by atoms with Crippen molar-refractivity contribution >= 4 is 0 Å². The third kappa shape index (κ3) is 4.46. The zero-order chi connectivity index (χ0) is 13.9. The maximum absolute atomic E-state index is 4.00. The van der Waals surface area contributed by atoms with Crippen molar-refractivity contribution in [3.8, 4) is 0 Å². The Labute approximate surface area is 125 Å². The molecule has 1 aliphatic heterocycles. The molecule has 0 radical (unpaired) electrons. The lowest BCUT2D eigenvalue weighted by molar-refractivity contribution is 0.116. The van der Waals surface area contributed by atoms with Gasteiger partial charge in [0.1, 0.15) is 0 Å². The van der Waals surface area contributed by atoms with Gasteiger partial charge in [0, 0.05) is 31.7 Å². The molecule has 2 unspecified atom stereocenters. The Morgan fingerprint density at radius 1 is 0.950 bits per heavy atom. The van der Waals surface area contributed by atoms with Crippen LogP contribution >= 0.6 is 0 Å². The van der Waals surface area contributed by atoms with Gasteiger partial charge in [-0.3, -0.25) is 0 Å². The Kier molecular flexibility index (Phi) is 5.04. The standard InChI is InChI=1S/C18H34N2/c1-14(2)11-20-12-16(9-15-7-8-15)10-18(13-20)19-17-5-3-4-6-17/h14-19H,3-13H2,1-2H3. The summed E-state index contributed by atoms with van der Waals surface area (Å²) >= 11 is 0. The van der Waals surface area contributed by atoms with Gasteiger partial charge in [0.25, 0.3) is 0 Å². The van der Waals surface area contributed by atoms with E-state index in [1.54, 1.807) is 0 Å². The summed E-state index contributed by atoms with van der Waals surface area (Å²) in [7, 11) is 0. The van der Waals surface area contributed by atoms with Crippen LogP contribution in [0.2, 0.25) is 0 Å². The van der Waals surface area contributed by atoms with Crippen molar-refractivity contribution in [1.82, 2.24) is 10.2 Å². The Morgan fingerprint density at radius 2 is 1.70 bits per heavy atom. The average Bonchev–Trinajstić information content (AvgIpc) is 3.02. The van der Waals surface area contributed by atoms with Crippen LogP contribution in [-0.4, -0.2) is 36.6 Å². The van der Waals surface area contributed by atoms with E-state index in [0.717, 1.165) is 29.8 Å². The summed E-state index contributed by atoms with van der Waals surface area (Å²) in [4.78, 5) is 2.76. The van der Waals surface area contributed by atoms with Crippen LogP contribution in [0.4, 0.5) is 0 Å². The topological polar surface area (TPSA) is 15.3 Å². The number of hydrogen-bond acceptors (Lipinski definition) is 2. The lowest BCUT2D eigenvalue weighted by Crippen LogP contribution is -2.52. The molecule has 116 valence electrons. The molecular formula is C18H34N2. The predicted molar refractivity (Wildman–Crippen MR) is 85.9 cm³/mol. The summed E-state index contributed by atoms with van der Waals surface area (Å²) in [6.07, 6.45) is 11.7. The second kappa shape index (κ2) is 6.79. The molecule has 0 aromatic heterocycles. The van der Waals surface area contributed by atoms with E-state index >= 15 is 0 Å². The van der Waals surface area contributed by atoms with E-state index in [2.05, 4.69) is 24.1 Å². The largest absolute Gasteiger partial charge is 0.310 e. The Bertz CT molecular complexity index is 280. The van der Waals surface area contributed by atoms with Gasteiger partial charge in [-0.05, 0) is 43.4 Å². The van der Waals surface area contributed by atoms with E-state index in [-0.39, 0.29) is 0 Å². The van der Waals surface area contributed by atoms with Crippen LogP contribution in [0.3, 0.4) is 0 Å². The minimum atomic E-state index is 0.773. The number of rotatable bonds is 6. The van der Waals surface area contributed by atoms with Gasteiger partial charge in [-0.25, -0.2) is 0 Å². The summed E-state index contributed by atoms with van der Waals surface area (Å²) < 4.78 is 0. The molecule has 0 aromatic carbocycles. The zero-order valence-electron chi connectivity index (χ0n) is 13.6. The van der Waals surface area contributed by atoms with E-state index in [4.69, 9.17) is 0 Å². The van der Waals surface area contributed by atoms with Gasteiger partial charge in [-0.1, -0.05) is 39.5 Å². The summed E-state index contributed by atoms with van der Waals surface area (Å²) in [6.45, 7) is 8.70. The normalized spacial score (nSPS) is 33.1. The molecule has 0 aromatic rings. The molecule has 20 heavy (non-hydrogen) atoms. The lowest BCUT2D eigenvalue weighted by atomic mass is 9.89. The van der Waals surface area contributed by atoms with E-state index < -0.39 is 0 Å². The van der Waals surface area contributed by atoms with Crippen LogP contribution in [0.5, 0.6) is 0 Å². The highest BCUT2D eigenvalue weighted by molar-refractivity contribution is 4.89. The first kappa shape index (κ1) is 14.8. The molecule has 1 heterocycles. The SMILES string of the molecule is CC(C)CN1CC(CC2CC2)CC(NC2CCCC2)C1. The van der Waals surface area contributed by atoms with Crippen molar-refractivity contribution in [2.75, 3.05) is 19.6 Å². The van der Waals surface area contributed by atoms with Gasteiger partial charge < -0.3 is 10.2 Å². The van der Waals surface area contributed by atoms with E-state index in [0.29, 0.717) is 0 Å². The van der Waals surface area contributed by atoms with Crippen molar-refractivity contribution in [3.63, 3.8) is 0 Å². The number of hydrogen-bond donors (Lipinski definition) is 1. The third-order valence-corrected chi connectivity index (χ3v) is 5.43. The van der Waals surface area contributed by atoms with Gasteiger partial charge in [0.2, 0.25) is 0 Å². The quantitative estimate of drug-likeness (QED) is 0.797. The van der Waals surface area contributed by atoms with Gasteiger partial charge in [-0.2, -0.15) is 0 Å². The monoisotopic (exact) mass is 278 g/mol. The van der Waals surface area contributed by atoms with Gasteiger partial charge in [0.05, 0.1) is 0 Å². The molecule has 1 N–H and O–H groups in total. The van der Waals surface area contributed by atoms with E-state index in [9.17, 15) is 0 Å². The van der Waals surface area contributed by atoms with Gasteiger partial charge in [-0.15, -0.1) is 0 Å². The number of nitrogens with zero attached hydrogens (tertiary/aromatic N) is 1. The Hall–Kier alpha value is -0.0800. The molecule has 1 saturated heterocycles. The molecule has 2 saturated carbocycles. The summed E-state index contributed by atoms with van der Waals surface area (Å²) in [5.74, 6) is 2.86. The number of nitrogens with one attached hydrogen (secondary N) is 1. The van der Waals surface area contributed by atoms with Crippen molar-refractivity contribution in [3.05, 3.63) is 0 Å². The van der Waals surface area contributed by atoms with Crippen molar-refractivity contribution in [2.45, 2.75) is 77.3 Å². The van der Waals surface area contributed by atoms with Crippen molar-refractivity contribution < 1.29 is 0 Å². The van der Waals surface area contributed by atoms with Gasteiger partial charge >= 0.3 is 0 Å². The smallest absolute Gasteiger partial charge is 0.0200 e. The van der Waals surface area contributed by atoms with E-state index in [1.807, 2.05) is 0 Å². The Morgan fingerprint density at radius 3 is 2.35 bits per heavy atom. The second-order valence-corrected chi connectivity index (χ2v) is 8.24. The molecular weight excluding hydrogens is 244 g/mol. The van der Waals surface area contributed by atoms with Crippen LogP contribution in [-0.2, 0) is 0 Å². The summed E-state index contributed by atoms with van der Waals surface area (Å²) in [5, 5.41) is 4.00. The second-order valence-electron chi connectivity index (χ2n) is 8.24. The van der Waals surface area contributed by atoms with Crippen molar-refractivity contribution in [2.24, 2.45) is 17.8 Å². The van der Waals surface area contributed by atoms with Crippen LogP contribution in [0.15, 0.2) is 0 Å². The van der Waals surface area contributed by atoms with Gasteiger partial charge in [0.15, 0.2) is 0 Å². The first-order valence-electron chi connectivity index (χ1n) is 9.17. The highest BCUT2D eigenvalue weighted by atomic mass is 15.2. The molecule has 3 aliphatic rings. The molecule has 3 rings (SSSR count). The molecule has 3 fully saturated rings. The summed E-state index contributed by atoms with van der Waals surface area (Å²) in [6, 6.07) is 1.61. The Balaban J connectivity index is 1.53. The molecule has 2 heteroatoms. The summed E-state index contributed by atoms with van der Waals surface area (Å²) in [5.41, 5.74) is 0. The molecule has 2 nitrogen and oxygen atoms in total. The number of likely N-dealkylation sites (tertiary alicyclic amines) is 1. The fourth-order valence-corrected chi connectivity index (χ4v) is 4.51. The minimum absolute atomic E-state index is 0.773. The van der Waals surface area contributed by atoms with Crippen LogP contribution in [0, 0.1) is 17.8 Å². The van der Waals surface area contributed by atoms with Crippen LogP contribution in [0.1, 0.15) is 65.2 Å². The van der Waals surface area contributed by atoms with Crippen LogP contribution < -0.4 is 5.32 Å². The molecule has 2 atom stereocenters. The molecule has 0 spiro atoms. The maximum atomic E-state index is 4.00. The molecule has 2 aliphatic carbocycles. The first-order valence-corrected chi connectivity index (χ1v) is 9.17. The zero-order valence-corrected chi connectivity index (χ0v) is 13.6. The van der Waals surface area contributed by atoms with Crippen LogP contribution in [0.25, 0.3) is 0 Å². The fraction of sp³-hybridized carbons (Fsp3) is 1.00. The number of piperidine rings is 1. The first-order chi connectivity index (χ1) is 9.69. The van der Waals surface area contributed by atoms with E-state index in [1.165, 1.54) is 71.0 Å². The highest BCUT2D eigenvalue weighted by Crippen LogP contribution is 2.38. The molecule has 0 bridgehead atoms. The maximum Gasteiger partial charge on any atom is 0.0200 e. The molecule has 0 amide bonds. The van der Waals surface area contributed by atoms with Crippen molar-refractivity contribution in [1.29, 1.82) is 0 Å².